The Hall–Kier alpha value is -1.38. The first kappa shape index (κ1) is 11.7. The molecule has 0 aromatic heterocycles. The molecular weight excluding hydrogens is 195 g/mol. The normalized spacial score (nSPS) is 12.1. The molecule has 1 unspecified atom stereocenters. The molecule has 0 fully saturated rings. The van der Waals surface area contributed by atoms with Crippen LogP contribution in [0.25, 0.3) is 0 Å². The first-order valence-electron chi connectivity index (χ1n) is 5.06. The van der Waals surface area contributed by atoms with E-state index in [0.29, 0.717) is 18.4 Å². The predicted molar refractivity (Wildman–Crippen MR) is 56.5 cm³/mol. The molecule has 2 nitrogen and oxygen atoms in total. The Kier molecular flexibility index (Phi) is 4.81. The van der Waals surface area contributed by atoms with E-state index in [1.54, 1.807) is 24.3 Å². The van der Waals surface area contributed by atoms with Gasteiger partial charge in [-0.1, -0.05) is 18.2 Å². The molecule has 0 spiro atoms. The van der Waals surface area contributed by atoms with Gasteiger partial charge < -0.3 is 4.74 Å². The molecule has 1 aromatic carbocycles. The molecule has 3 heteroatoms. The number of rotatable bonds is 5. The second kappa shape index (κ2) is 6.17. The summed E-state index contributed by atoms with van der Waals surface area (Å²) < 4.78 is 17.4. The van der Waals surface area contributed by atoms with Crippen molar-refractivity contribution in [1.82, 2.24) is 0 Å². The lowest BCUT2D eigenvalue weighted by atomic mass is 10.2. The molecule has 0 bridgehead atoms. The first-order chi connectivity index (χ1) is 7.20. The third-order valence-corrected chi connectivity index (χ3v) is 1.99. The van der Waals surface area contributed by atoms with Crippen LogP contribution in [0.2, 0.25) is 0 Å². The fraction of sp³-hybridized carbons (Fsp3) is 0.417. The minimum Gasteiger partial charge on any atom is -0.462 e. The fourth-order valence-corrected chi connectivity index (χ4v) is 1.19. The van der Waals surface area contributed by atoms with Gasteiger partial charge in [-0.25, -0.2) is 9.18 Å². The van der Waals surface area contributed by atoms with Crippen LogP contribution in [0.5, 0.6) is 0 Å². The maximum Gasteiger partial charge on any atom is 0.338 e. The van der Waals surface area contributed by atoms with Crippen molar-refractivity contribution in [3.05, 3.63) is 35.9 Å². The molecule has 1 rings (SSSR count). The highest BCUT2D eigenvalue weighted by atomic mass is 19.1. The van der Waals surface area contributed by atoms with Gasteiger partial charge in [0, 0.05) is 0 Å². The highest BCUT2D eigenvalue weighted by Crippen LogP contribution is 2.04. The number of carbonyl (C=O) groups excluding carboxylic acids is 1. The molecule has 0 saturated carbocycles. The van der Waals surface area contributed by atoms with E-state index in [9.17, 15) is 9.18 Å². The van der Waals surface area contributed by atoms with Crippen molar-refractivity contribution in [2.24, 2.45) is 0 Å². The first-order valence-corrected chi connectivity index (χ1v) is 5.06. The minimum atomic E-state index is -0.833. The number of esters is 1. The summed E-state index contributed by atoms with van der Waals surface area (Å²) in [5, 5.41) is 0. The fourth-order valence-electron chi connectivity index (χ4n) is 1.19. The summed E-state index contributed by atoms with van der Waals surface area (Å²) in [7, 11) is 0. The van der Waals surface area contributed by atoms with Gasteiger partial charge in [0.05, 0.1) is 18.3 Å². The minimum absolute atomic E-state index is 0.280. The summed E-state index contributed by atoms with van der Waals surface area (Å²) in [6, 6.07) is 8.78. The van der Waals surface area contributed by atoms with E-state index in [4.69, 9.17) is 4.74 Å². The molecule has 0 amide bonds. The summed E-state index contributed by atoms with van der Waals surface area (Å²) in [4.78, 5) is 11.4. The summed E-state index contributed by atoms with van der Waals surface area (Å²) in [5.41, 5.74) is 0.533. The summed E-state index contributed by atoms with van der Waals surface area (Å²) in [6.07, 6.45) is 0.165. The maximum absolute atomic E-state index is 12.4. The number of benzene rings is 1. The monoisotopic (exact) mass is 210 g/mol. The average Bonchev–Trinajstić information content (AvgIpc) is 2.25. The second-order valence-corrected chi connectivity index (χ2v) is 3.42. The van der Waals surface area contributed by atoms with Gasteiger partial charge in [0.15, 0.2) is 0 Å². The Morgan fingerprint density at radius 2 is 2.07 bits per heavy atom. The van der Waals surface area contributed by atoms with E-state index >= 15 is 0 Å². The Morgan fingerprint density at radius 1 is 1.40 bits per heavy atom. The van der Waals surface area contributed by atoms with Gasteiger partial charge in [0.2, 0.25) is 0 Å². The van der Waals surface area contributed by atoms with Crippen LogP contribution in [-0.4, -0.2) is 18.7 Å². The lowest BCUT2D eigenvalue weighted by Crippen LogP contribution is -2.07. The molecule has 1 aromatic rings. The van der Waals surface area contributed by atoms with Gasteiger partial charge in [-0.15, -0.1) is 0 Å². The molecule has 0 aliphatic rings. The molecule has 0 aliphatic heterocycles. The number of alkyl halides is 1. The van der Waals surface area contributed by atoms with E-state index < -0.39 is 6.17 Å². The predicted octanol–water partition coefficient (Wildman–Crippen LogP) is 2.98. The molecule has 0 heterocycles. The van der Waals surface area contributed by atoms with Crippen molar-refractivity contribution in [2.75, 3.05) is 6.61 Å². The lowest BCUT2D eigenvalue weighted by Gasteiger charge is -2.04. The number of hydrogen-bond acceptors (Lipinski definition) is 2. The topological polar surface area (TPSA) is 26.3 Å². The van der Waals surface area contributed by atoms with E-state index in [0.717, 1.165) is 0 Å². The van der Waals surface area contributed by atoms with Gasteiger partial charge in [-0.05, 0) is 31.9 Å². The molecule has 15 heavy (non-hydrogen) atoms. The van der Waals surface area contributed by atoms with E-state index in [1.807, 2.05) is 6.07 Å². The average molecular weight is 210 g/mol. The summed E-state index contributed by atoms with van der Waals surface area (Å²) >= 11 is 0. The summed E-state index contributed by atoms with van der Waals surface area (Å²) in [5.74, 6) is -0.345. The van der Waals surface area contributed by atoms with Gasteiger partial charge in [-0.3, -0.25) is 0 Å². The molecule has 0 radical (unpaired) electrons. The zero-order valence-electron chi connectivity index (χ0n) is 8.78. The van der Waals surface area contributed by atoms with Gasteiger partial charge in [-0.2, -0.15) is 0 Å². The largest absolute Gasteiger partial charge is 0.462 e. The zero-order chi connectivity index (χ0) is 11.1. The Balaban J connectivity index is 2.25. The molecular formula is C12H15FO2. The van der Waals surface area contributed by atoms with Crippen LogP contribution in [-0.2, 0) is 4.74 Å². The van der Waals surface area contributed by atoms with Crippen molar-refractivity contribution < 1.29 is 13.9 Å². The van der Waals surface area contributed by atoms with Crippen molar-refractivity contribution in [1.29, 1.82) is 0 Å². The molecule has 0 N–H and O–H groups in total. The SMILES string of the molecule is CC(F)CCCOC(=O)c1ccccc1. The molecule has 1 atom stereocenters. The van der Waals surface area contributed by atoms with Crippen LogP contribution in [0.4, 0.5) is 4.39 Å². The van der Waals surface area contributed by atoms with Crippen molar-refractivity contribution in [2.45, 2.75) is 25.9 Å². The standard InChI is InChI=1S/C12H15FO2/c1-10(13)6-5-9-15-12(14)11-7-3-2-4-8-11/h2-4,7-8,10H,5-6,9H2,1H3. The molecule has 0 aliphatic carbocycles. The van der Waals surface area contributed by atoms with Crippen LogP contribution >= 0.6 is 0 Å². The molecule has 82 valence electrons. The number of carbonyl (C=O) groups is 1. The number of halogens is 1. The number of hydrogen-bond donors (Lipinski definition) is 0. The lowest BCUT2D eigenvalue weighted by molar-refractivity contribution is 0.0491. The van der Waals surface area contributed by atoms with E-state index in [2.05, 4.69) is 0 Å². The van der Waals surface area contributed by atoms with Crippen molar-refractivity contribution in [3.63, 3.8) is 0 Å². The zero-order valence-corrected chi connectivity index (χ0v) is 8.78. The maximum atomic E-state index is 12.4. The Bertz CT molecular complexity index is 296. The summed E-state index contributed by atoms with van der Waals surface area (Å²) in [6.45, 7) is 1.78. The highest BCUT2D eigenvalue weighted by molar-refractivity contribution is 5.89. The van der Waals surface area contributed by atoms with Crippen LogP contribution in [0.1, 0.15) is 30.1 Å². The number of ether oxygens (including phenoxy) is 1. The van der Waals surface area contributed by atoms with Crippen LogP contribution < -0.4 is 0 Å². The highest BCUT2D eigenvalue weighted by Gasteiger charge is 2.05. The van der Waals surface area contributed by atoms with E-state index in [1.165, 1.54) is 6.92 Å². The van der Waals surface area contributed by atoms with E-state index in [-0.39, 0.29) is 12.6 Å². The quantitative estimate of drug-likeness (QED) is 0.551. The second-order valence-electron chi connectivity index (χ2n) is 3.42. The van der Waals surface area contributed by atoms with Crippen LogP contribution in [0, 0.1) is 0 Å². The Labute approximate surface area is 89.1 Å². The van der Waals surface area contributed by atoms with Crippen LogP contribution in [0.3, 0.4) is 0 Å². The third-order valence-electron chi connectivity index (χ3n) is 1.99. The van der Waals surface area contributed by atoms with Crippen molar-refractivity contribution >= 4 is 5.97 Å². The third kappa shape index (κ3) is 4.58. The van der Waals surface area contributed by atoms with Gasteiger partial charge in [0.1, 0.15) is 0 Å². The molecule has 0 saturated heterocycles. The Morgan fingerprint density at radius 3 is 2.67 bits per heavy atom. The van der Waals surface area contributed by atoms with Crippen LogP contribution in [0.15, 0.2) is 30.3 Å². The smallest absolute Gasteiger partial charge is 0.338 e. The van der Waals surface area contributed by atoms with Crippen molar-refractivity contribution in [3.8, 4) is 0 Å². The van der Waals surface area contributed by atoms with Gasteiger partial charge >= 0.3 is 5.97 Å². The van der Waals surface area contributed by atoms with Gasteiger partial charge in [0.25, 0.3) is 0 Å².